The first-order valence-electron chi connectivity index (χ1n) is 6.43. The summed E-state index contributed by atoms with van der Waals surface area (Å²) in [4.78, 5) is 25.1. The molecule has 0 aromatic rings. The summed E-state index contributed by atoms with van der Waals surface area (Å²) in [5.74, 6) is 0.392. The molecule has 2 amide bonds. The molecule has 0 aromatic carbocycles. The van der Waals surface area contributed by atoms with E-state index < -0.39 is 0 Å². The Morgan fingerprint density at radius 1 is 1.33 bits per heavy atom. The highest BCUT2D eigenvalue weighted by atomic mass is 35.5. The van der Waals surface area contributed by atoms with Crippen molar-refractivity contribution in [3.8, 4) is 0 Å². The van der Waals surface area contributed by atoms with Gasteiger partial charge in [-0.05, 0) is 25.8 Å². The van der Waals surface area contributed by atoms with Crippen LogP contribution in [0.3, 0.4) is 0 Å². The Bertz CT molecular complexity index is 306. The van der Waals surface area contributed by atoms with Crippen LogP contribution in [0.1, 0.15) is 26.2 Å². The number of halogens is 1. The molecule has 0 spiro atoms. The molecule has 18 heavy (non-hydrogen) atoms. The molecule has 0 aliphatic carbocycles. The van der Waals surface area contributed by atoms with Crippen molar-refractivity contribution < 1.29 is 9.59 Å². The predicted molar refractivity (Wildman–Crippen MR) is 71.6 cm³/mol. The van der Waals surface area contributed by atoms with E-state index in [4.69, 9.17) is 0 Å². The molecule has 2 unspecified atom stereocenters. The third-order valence-corrected chi connectivity index (χ3v) is 3.55. The number of hydrogen-bond donors (Lipinski definition) is 2. The second-order valence-electron chi connectivity index (χ2n) is 5.01. The van der Waals surface area contributed by atoms with E-state index in [1.165, 1.54) is 6.92 Å². The minimum Gasteiger partial charge on any atom is -0.352 e. The lowest BCUT2D eigenvalue weighted by molar-refractivity contribution is -0.137. The van der Waals surface area contributed by atoms with E-state index in [0.717, 1.165) is 38.9 Å². The fourth-order valence-electron chi connectivity index (χ4n) is 2.71. The summed E-state index contributed by atoms with van der Waals surface area (Å²) in [7, 11) is 0. The van der Waals surface area contributed by atoms with Crippen molar-refractivity contribution in [3.05, 3.63) is 0 Å². The molecular weight excluding hydrogens is 254 g/mol. The van der Waals surface area contributed by atoms with Crippen molar-refractivity contribution >= 4 is 24.2 Å². The third kappa shape index (κ3) is 3.85. The van der Waals surface area contributed by atoms with Crippen LogP contribution in [0, 0.1) is 5.92 Å². The fourth-order valence-corrected chi connectivity index (χ4v) is 2.71. The summed E-state index contributed by atoms with van der Waals surface area (Å²) < 4.78 is 0. The van der Waals surface area contributed by atoms with E-state index >= 15 is 0 Å². The quantitative estimate of drug-likeness (QED) is 0.754. The van der Waals surface area contributed by atoms with Crippen LogP contribution in [0.2, 0.25) is 0 Å². The Hall–Kier alpha value is -0.810. The molecule has 5 nitrogen and oxygen atoms in total. The Morgan fingerprint density at radius 3 is 2.72 bits per heavy atom. The van der Waals surface area contributed by atoms with E-state index in [1.54, 1.807) is 0 Å². The number of likely N-dealkylation sites (tertiary alicyclic amines) is 1. The first-order chi connectivity index (χ1) is 8.16. The lowest BCUT2D eigenvalue weighted by Gasteiger charge is -2.34. The molecule has 2 N–H and O–H groups in total. The molecule has 2 heterocycles. The molecular formula is C12H22ClN3O2. The molecule has 2 fully saturated rings. The van der Waals surface area contributed by atoms with E-state index in [-0.39, 0.29) is 36.2 Å². The van der Waals surface area contributed by atoms with Gasteiger partial charge in [-0.2, -0.15) is 0 Å². The van der Waals surface area contributed by atoms with Crippen LogP contribution in [-0.4, -0.2) is 48.9 Å². The highest BCUT2D eigenvalue weighted by Gasteiger charge is 2.30. The lowest BCUT2D eigenvalue weighted by Crippen LogP contribution is -2.50. The van der Waals surface area contributed by atoms with Crippen LogP contribution >= 0.6 is 12.4 Å². The minimum absolute atomic E-state index is 0. The Morgan fingerprint density at radius 2 is 2.11 bits per heavy atom. The first kappa shape index (κ1) is 15.2. The topological polar surface area (TPSA) is 61.4 Å². The SMILES string of the molecule is CC(=O)NC1CCCN(C(=O)C2CCNC2)C1.Cl. The van der Waals surface area contributed by atoms with Crippen molar-refractivity contribution in [1.29, 1.82) is 0 Å². The van der Waals surface area contributed by atoms with Gasteiger partial charge in [0.05, 0.1) is 5.92 Å². The molecule has 0 saturated carbocycles. The highest BCUT2D eigenvalue weighted by molar-refractivity contribution is 5.85. The summed E-state index contributed by atoms with van der Waals surface area (Å²) in [6.07, 6.45) is 2.91. The number of hydrogen-bond acceptors (Lipinski definition) is 3. The monoisotopic (exact) mass is 275 g/mol. The van der Waals surface area contributed by atoms with Gasteiger partial charge >= 0.3 is 0 Å². The Labute approximate surface area is 114 Å². The van der Waals surface area contributed by atoms with Crippen LogP contribution in [0.25, 0.3) is 0 Å². The molecule has 2 rings (SSSR count). The predicted octanol–water partition coefficient (Wildman–Crippen LogP) is 0.145. The summed E-state index contributed by atoms with van der Waals surface area (Å²) in [5.41, 5.74) is 0. The number of piperidine rings is 1. The van der Waals surface area contributed by atoms with Crippen molar-refractivity contribution in [2.75, 3.05) is 26.2 Å². The fraction of sp³-hybridized carbons (Fsp3) is 0.833. The van der Waals surface area contributed by atoms with Gasteiger partial charge in [-0.15, -0.1) is 12.4 Å². The van der Waals surface area contributed by atoms with Crippen LogP contribution < -0.4 is 10.6 Å². The van der Waals surface area contributed by atoms with Gasteiger partial charge in [-0.3, -0.25) is 9.59 Å². The largest absolute Gasteiger partial charge is 0.352 e. The molecule has 2 aliphatic heterocycles. The summed E-state index contributed by atoms with van der Waals surface area (Å²) in [6.45, 7) is 4.79. The second-order valence-corrected chi connectivity index (χ2v) is 5.01. The van der Waals surface area contributed by atoms with Crippen molar-refractivity contribution in [3.63, 3.8) is 0 Å². The summed E-state index contributed by atoms with van der Waals surface area (Å²) in [5, 5.41) is 6.13. The van der Waals surface area contributed by atoms with Gasteiger partial charge in [0.1, 0.15) is 0 Å². The van der Waals surface area contributed by atoms with E-state index in [1.807, 2.05) is 4.90 Å². The normalized spacial score (nSPS) is 27.5. The Balaban J connectivity index is 0.00000162. The van der Waals surface area contributed by atoms with Crippen LogP contribution in [0.5, 0.6) is 0 Å². The number of amides is 2. The zero-order valence-corrected chi connectivity index (χ0v) is 11.6. The van der Waals surface area contributed by atoms with E-state index in [9.17, 15) is 9.59 Å². The average Bonchev–Trinajstić information content (AvgIpc) is 2.81. The molecule has 2 atom stereocenters. The van der Waals surface area contributed by atoms with Gasteiger partial charge in [0.25, 0.3) is 0 Å². The second kappa shape index (κ2) is 6.95. The molecule has 6 heteroatoms. The first-order valence-corrected chi connectivity index (χ1v) is 6.43. The Kier molecular flexibility index (Phi) is 5.88. The maximum Gasteiger partial charge on any atom is 0.227 e. The molecule has 0 radical (unpaired) electrons. The van der Waals surface area contributed by atoms with Crippen molar-refractivity contribution in [1.82, 2.24) is 15.5 Å². The number of carbonyl (C=O) groups is 2. The van der Waals surface area contributed by atoms with Gasteiger partial charge in [-0.1, -0.05) is 0 Å². The van der Waals surface area contributed by atoms with E-state index in [0.29, 0.717) is 6.54 Å². The van der Waals surface area contributed by atoms with Gasteiger partial charge in [0.15, 0.2) is 0 Å². The molecule has 2 saturated heterocycles. The maximum atomic E-state index is 12.2. The summed E-state index contributed by atoms with van der Waals surface area (Å²) in [6, 6.07) is 0.138. The zero-order chi connectivity index (χ0) is 12.3. The summed E-state index contributed by atoms with van der Waals surface area (Å²) >= 11 is 0. The smallest absolute Gasteiger partial charge is 0.227 e. The molecule has 0 bridgehead atoms. The van der Waals surface area contributed by atoms with Gasteiger partial charge in [0, 0.05) is 32.6 Å². The maximum absolute atomic E-state index is 12.2. The molecule has 2 aliphatic rings. The average molecular weight is 276 g/mol. The van der Waals surface area contributed by atoms with Crippen molar-refractivity contribution in [2.24, 2.45) is 5.92 Å². The number of carbonyl (C=O) groups excluding carboxylic acids is 2. The standard InChI is InChI=1S/C12H21N3O2.ClH/c1-9(16)14-11-3-2-6-15(8-11)12(17)10-4-5-13-7-10;/h10-11,13H,2-8H2,1H3,(H,14,16);1H. The van der Waals surface area contributed by atoms with Crippen LogP contribution in [-0.2, 0) is 9.59 Å². The van der Waals surface area contributed by atoms with Crippen LogP contribution in [0.15, 0.2) is 0 Å². The van der Waals surface area contributed by atoms with Crippen molar-refractivity contribution in [2.45, 2.75) is 32.2 Å². The highest BCUT2D eigenvalue weighted by Crippen LogP contribution is 2.16. The molecule has 0 aromatic heterocycles. The number of rotatable bonds is 2. The third-order valence-electron chi connectivity index (χ3n) is 3.55. The van der Waals surface area contributed by atoms with Gasteiger partial charge in [0.2, 0.25) is 11.8 Å². The minimum atomic E-state index is -0.00756. The van der Waals surface area contributed by atoms with E-state index in [2.05, 4.69) is 10.6 Å². The zero-order valence-electron chi connectivity index (χ0n) is 10.8. The van der Waals surface area contributed by atoms with Gasteiger partial charge < -0.3 is 15.5 Å². The molecule has 104 valence electrons. The van der Waals surface area contributed by atoms with Gasteiger partial charge in [-0.25, -0.2) is 0 Å². The van der Waals surface area contributed by atoms with Crippen LogP contribution in [0.4, 0.5) is 0 Å². The lowest BCUT2D eigenvalue weighted by atomic mass is 10.0. The number of nitrogens with one attached hydrogen (secondary N) is 2. The number of nitrogens with zero attached hydrogens (tertiary/aromatic N) is 1.